The molecule has 1 rings (SSSR count). The van der Waals surface area contributed by atoms with E-state index in [1.165, 1.54) is 24.3 Å². The minimum Gasteiger partial charge on any atom is -0.481 e. The minimum atomic E-state index is -3.28. The van der Waals surface area contributed by atoms with Gasteiger partial charge < -0.3 is 5.11 Å². The van der Waals surface area contributed by atoms with Crippen molar-refractivity contribution in [1.82, 2.24) is 0 Å². The van der Waals surface area contributed by atoms with Gasteiger partial charge in [-0.2, -0.15) is 0 Å². The molecule has 0 aliphatic heterocycles. The van der Waals surface area contributed by atoms with Crippen LogP contribution in [0.3, 0.4) is 0 Å². The molecule has 0 aromatic heterocycles. The number of ketones is 1. The molecule has 0 aliphatic carbocycles. The molecule has 0 amide bonds. The van der Waals surface area contributed by atoms with Crippen LogP contribution in [0.15, 0.2) is 29.2 Å². The van der Waals surface area contributed by atoms with Gasteiger partial charge in [-0.15, -0.1) is 0 Å². The Morgan fingerprint density at radius 3 is 2.16 bits per heavy atom. The molecule has 6 heteroatoms. The molecule has 1 N–H and O–H groups in total. The third kappa shape index (κ3) is 4.48. The summed E-state index contributed by atoms with van der Waals surface area (Å²) in [6.45, 7) is 1.78. The molecule has 0 fully saturated rings. The first-order chi connectivity index (χ1) is 8.86. The number of hydrogen-bond acceptors (Lipinski definition) is 4. The zero-order chi connectivity index (χ0) is 14.5. The third-order valence-corrected chi connectivity index (χ3v) is 4.51. The summed E-state index contributed by atoms with van der Waals surface area (Å²) in [4.78, 5) is 22.2. The van der Waals surface area contributed by atoms with Crippen LogP contribution in [-0.2, 0) is 14.6 Å². The summed E-state index contributed by atoms with van der Waals surface area (Å²) in [5.41, 5.74) is 0.330. The van der Waals surface area contributed by atoms with Crippen LogP contribution in [0.2, 0.25) is 0 Å². The third-order valence-electron chi connectivity index (χ3n) is 2.57. The zero-order valence-corrected chi connectivity index (χ0v) is 11.4. The van der Waals surface area contributed by atoms with E-state index in [0.717, 1.165) is 0 Å². The second-order valence-corrected chi connectivity index (χ2v) is 6.27. The van der Waals surface area contributed by atoms with E-state index in [2.05, 4.69) is 0 Å². The molecule has 0 bridgehead atoms. The number of Topliss-reactive ketones (excluding diaryl/α,β-unsaturated/α-hetero) is 1. The molecule has 104 valence electrons. The molecule has 19 heavy (non-hydrogen) atoms. The normalized spacial score (nSPS) is 11.2. The molecule has 1 aromatic carbocycles. The Morgan fingerprint density at radius 1 is 1.11 bits per heavy atom. The molecule has 0 saturated carbocycles. The highest BCUT2D eigenvalue weighted by molar-refractivity contribution is 7.91. The smallest absolute Gasteiger partial charge is 0.303 e. The maximum Gasteiger partial charge on any atom is 0.303 e. The highest BCUT2D eigenvalue weighted by atomic mass is 32.2. The van der Waals surface area contributed by atoms with Crippen LogP contribution in [0.5, 0.6) is 0 Å². The summed E-state index contributed by atoms with van der Waals surface area (Å²) in [5.74, 6) is -1.27. The second kappa shape index (κ2) is 6.47. The maximum atomic E-state index is 11.8. The number of carbonyl (C=O) groups excluding carboxylic acids is 1. The van der Waals surface area contributed by atoms with E-state index < -0.39 is 15.8 Å². The summed E-state index contributed by atoms with van der Waals surface area (Å²) in [5, 5.41) is 8.49. The van der Waals surface area contributed by atoms with E-state index in [0.29, 0.717) is 12.0 Å². The fraction of sp³-hybridized carbons (Fsp3) is 0.385. The molecule has 5 nitrogen and oxygen atoms in total. The van der Waals surface area contributed by atoms with Crippen molar-refractivity contribution in [3.05, 3.63) is 29.8 Å². The van der Waals surface area contributed by atoms with E-state index >= 15 is 0 Å². The second-order valence-electron chi connectivity index (χ2n) is 4.16. The van der Waals surface area contributed by atoms with Gasteiger partial charge in [-0.05, 0) is 18.6 Å². The van der Waals surface area contributed by atoms with Crippen molar-refractivity contribution in [2.45, 2.75) is 31.1 Å². The van der Waals surface area contributed by atoms with E-state index in [4.69, 9.17) is 5.11 Å². The summed E-state index contributed by atoms with van der Waals surface area (Å²) >= 11 is 0. The fourth-order valence-electron chi connectivity index (χ4n) is 1.60. The molecule has 0 spiro atoms. The van der Waals surface area contributed by atoms with Crippen LogP contribution >= 0.6 is 0 Å². The highest BCUT2D eigenvalue weighted by Gasteiger charge is 2.14. The molecule has 0 atom stereocenters. The van der Waals surface area contributed by atoms with Gasteiger partial charge in [0.1, 0.15) is 0 Å². The van der Waals surface area contributed by atoms with Crippen LogP contribution in [0, 0.1) is 0 Å². The Labute approximate surface area is 112 Å². The van der Waals surface area contributed by atoms with Crippen molar-refractivity contribution >= 4 is 21.6 Å². The molecule has 0 unspecified atom stereocenters. The Bertz CT molecular complexity index is 557. The molecule has 0 radical (unpaired) electrons. The van der Waals surface area contributed by atoms with Crippen LogP contribution in [0.1, 0.15) is 36.5 Å². The quantitative estimate of drug-likeness (QED) is 0.773. The predicted octanol–water partition coefficient (Wildman–Crippen LogP) is 1.92. The first-order valence-electron chi connectivity index (χ1n) is 5.94. The van der Waals surface area contributed by atoms with Gasteiger partial charge in [0.25, 0.3) is 0 Å². The molecule has 0 saturated heterocycles. The topological polar surface area (TPSA) is 88.5 Å². The maximum absolute atomic E-state index is 11.8. The average Bonchev–Trinajstić information content (AvgIpc) is 2.36. The number of carbonyl (C=O) groups is 2. The Morgan fingerprint density at radius 2 is 1.68 bits per heavy atom. The van der Waals surface area contributed by atoms with E-state index in [1.54, 1.807) is 6.92 Å². The standard InChI is InChI=1S/C13H16O5S/c1-2-9-19(17,18)11-5-3-10(4-6-11)12(14)7-8-13(15)16/h3-6H,2,7-9H2,1H3,(H,15,16). The van der Waals surface area contributed by atoms with Gasteiger partial charge in [0.05, 0.1) is 17.1 Å². The van der Waals surface area contributed by atoms with Gasteiger partial charge in [-0.1, -0.05) is 19.1 Å². The Balaban J connectivity index is 2.82. The van der Waals surface area contributed by atoms with Gasteiger partial charge in [-0.3, -0.25) is 9.59 Å². The van der Waals surface area contributed by atoms with Crippen LogP contribution in [-0.4, -0.2) is 31.0 Å². The number of carboxylic acid groups (broad SMARTS) is 1. The molecular weight excluding hydrogens is 268 g/mol. The zero-order valence-electron chi connectivity index (χ0n) is 10.6. The molecule has 0 aliphatic rings. The first-order valence-corrected chi connectivity index (χ1v) is 7.60. The van der Waals surface area contributed by atoms with E-state index in [1.807, 2.05) is 0 Å². The number of carboxylic acids is 1. The number of sulfone groups is 1. The summed E-state index contributed by atoms with van der Waals surface area (Å²) < 4.78 is 23.5. The summed E-state index contributed by atoms with van der Waals surface area (Å²) in [6.07, 6.45) is 0.215. The number of rotatable bonds is 7. The van der Waals surface area contributed by atoms with Crippen molar-refractivity contribution in [2.75, 3.05) is 5.75 Å². The summed E-state index contributed by atoms with van der Waals surface area (Å²) in [7, 11) is -3.28. The lowest BCUT2D eigenvalue weighted by Gasteiger charge is -2.04. The van der Waals surface area contributed by atoms with Crippen LogP contribution in [0.4, 0.5) is 0 Å². The van der Waals surface area contributed by atoms with Crippen molar-refractivity contribution in [3.63, 3.8) is 0 Å². The van der Waals surface area contributed by atoms with E-state index in [9.17, 15) is 18.0 Å². The van der Waals surface area contributed by atoms with E-state index in [-0.39, 0.29) is 29.3 Å². The van der Waals surface area contributed by atoms with Crippen molar-refractivity contribution in [1.29, 1.82) is 0 Å². The van der Waals surface area contributed by atoms with Crippen molar-refractivity contribution < 1.29 is 23.1 Å². The molecule has 0 heterocycles. The van der Waals surface area contributed by atoms with Gasteiger partial charge in [0.2, 0.25) is 0 Å². The van der Waals surface area contributed by atoms with Gasteiger partial charge >= 0.3 is 5.97 Å². The Kier molecular flexibility index (Phi) is 5.23. The fourth-order valence-corrected chi connectivity index (χ4v) is 2.92. The monoisotopic (exact) mass is 284 g/mol. The van der Waals surface area contributed by atoms with Crippen molar-refractivity contribution in [3.8, 4) is 0 Å². The lowest BCUT2D eigenvalue weighted by molar-refractivity contribution is -0.136. The predicted molar refractivity (Wildman–Crippen MR) is 70.0 cm³/mol. The lowest BCUT2D eigenvalue weighted by atomic mass is 10.1. The highest BCUT2D eigenvalue weighted by Crippen LogP contribution is 2.14. The Hall–Kier alpha value is -1.69. The average molecular weight is 284 g/mol. The number of hydrogen-bond donors (Lipinski definition) is 1. The first kappa shape index (κ1) is 15.4. The van der Waals surface area contributed by atoms with Gasteiger partial charge in [-0.25, -0.2) is 8.42 Å². The molecule has 1 aromatic rings. The van der Waals surface area contributed by atoms with Crippen LogP contribution in [0.25, 0.3) is 0 Å². The minimum absolute atomic E-state index is 0.0688. The van der Waals surface area contributed by atoms with Gasteiger partial charge in [0, 0.05) is 12.0 Å². The largest absolute Gasteiger partial charge is 0.481 e. The SMILES string of the molecule is CCCS(=O)(=O)c1ccc(C(=O)CCC(=O)O)cc1. The number of aliphatic carboxylic acids is 1. The van der Waals surface area contributed by atoms with Crippen LogP contribution < -0.4 is 0 Å². The van der Waals surface area contributed by atoms with Gasteiger partial charge in [0.15, 0.2) is 15.6 Å². The lowest BCUT2D eigenvalue weighted by Crippen LogP contribution is -2.07. The van der Waals surface area contributed by atoms with Crippen molar-refractivity contribution in [2.24, 2.45) is 0 Å². The summed E-state index contributed by atoms with van der Waals surface area (Å²) in [6, 6.07) is 5.62. The number of benzene rings is 1. The molecular formula is C13H16O5S.